The molecular weight excluding hydrogens is 245 g/mol. The van der Waals surface area contributed by atoms with E-state index in [1.807, 2.05) is 6.07 Å². The fourth-order valence-corrected chi connectivity index (χ4v) is 1.97. The highest BCUT2D eigenvalue weighted by Gasteiger charge is 2.43. The van der Waals surface area contributed by atoms with Crippen LogP contribution in [0.4, 0.5) is 4.39 Å². The van der Waals surface area contributed by atoms with Crippen molar-refractivity contribution < 1.29 is 13.9 Å². The number of carbonyl (C=O) groups is 1. The second-order valence-electron chi connectivity index (χ2n) is 4.02. The van der Waals surface area contributed by atoms with Gasteiger partial charge in [0.1, 0.15) is 6.07 Å². The van der Waals surface area contributed by atoms with Gasteiger partial charge in [-0.05, 0) is 17.7 Å². The second-order valence-corrected chi connectivity index (χ2v) is 4.02. The summed E-state index contributed by atoms with van der Waals surface area (Å²) in [6.45, 7) is 1.59. The van der Waals surface area contributed by atoms with Gasteiger partial charge in [-0.1, -0.05) is 42.5 Å². The summed E-state index contributed by atoms with van der Waals surface area (Å²) in [6.07, 6.45) is 0. The van der Waals surface area contributed by atoms with E-state index in [0.29, 0.717) is 5.39 Å². The number of rotatable bonds is 3. The van der Waals surface area contributed by atoms with E-state index in [4.69, 9.17) is 5.26 Å². The number of halogens is 1. The Hall–Kier alpha value is -2.41. The van der Waals surface area contributed by atoms with Crippen molar-refractivity contribution in [3.63, 3.8) is 0 Å². The average Bonchev–Trinajstić information content (AvgIpc) is 2.46. The van der Waals surface area contributed by atoms with Crippen LogP contribution in [0.15, 0.2) is 42.5 Å². The first-order valence-electron chi connectivity index (χ1n) is 5.89. The molecule has 2 rings (SSSR count). The van der Waals surface area contributed by atoms with E-state index in [-0.39, 0.29) is 12.2 Å². The van der Waals surface area contributed by atoms with Crippen molar-refractivity contribution in [1.29, 1.82) is 5.26 Å². The molecule has 0 N–H and O–H groups in total. The lowest BCUT2D eigenvalue weighted by atomic mass is 9.92. The van der Waals surface area contributed by atoms with E-state index in [0.717, 1.165) is 5.39 Å². The van der Waals surface area contributed by atoms with Gasteiger partial charge < -0.3 is 4.74 Å². The van der Waals surface area contributed by atoms with Crippen molar-refractivity contribution in [2.45, 2.75) is 12.6 Å². The summed E-state index contributed by atoms with van der Waals surface area (Å²) in [4.78, 5) is 11.7. The maximum absolute atomic E-state index is 14.7. The van der Waals surface area contributed by atoms with Gasteiger partial charge in [0, 0.05) is 5.56 Å². The van der Waals surface area contributed by atoms with Crippen LogP contribution < -0.4 is 0 Å². The number of carbonyl (C=O) groups excluding carboxylic acids is 1. The molecule has 0 aromatic heterocycles. The highest BCUT2D eigenvalue weighted by Crippen LogP contribution is 2.33. The molecule has 0 aliphatic heterocycles. The van der Waals surface area contributed by atoms with Gasteiger partial charge in [0.15, 0.2) is 0 Å². The number of fused-ring (bicyclic) bond motifs is 1. The second kappa shape index (κ2) is 5.07. The molecule has 4 heteroatoms. The molecule has 2 aromatic rings. The molecule has 0 aliphatic rings. The molecule has 1 atom stereocenters. The topological polar surface area (TPSA) is 50.1 Å². The number of ether oxygens (including phenoxy) is 1. The minimum Gasteiger partial charge on any atom is -0.463 e. The fourth-order valence-electron chi connectivity index (χ4n) is 1.97. The molecule has 0 aliphatic carbocycles. The number of esters is 1. The van der Waals surface area contributed by atoms with Crippen LogP contribution in [0.25, 0.3) is 10.8 Å². The maximum atomic E-state index is 14.7. The Morgan fingerprint density at radius 3 is 2.68 bits per heavy atom. The Balaban J connectivity index is 2.65. The highest BCUT2D eigenvalue weighted by atomic mass is 19.1. The van der Waals surface area contributed by atoms with Crippen molar-refractivity contribution in [2.75, 3.05) is 6.61 Å². The predicted octanol–water partition coefficient (Wildman–Crippen LogP) is 3.09. The molecule has 0 bridgehead atoms. The van der Waals surface area contributed by atoms with E-state index in [1.165, 1.54) is 12.1 Å². The van der Waals surface area contributed by atoms with Crippen molar-refractivity contribution >= 4 is 16.7 Å². The van der Waals surface area contributed by atoms with Crippen LogP contribution in [0, 0.1) is 11.3 Å². The van der Waals surface area contributed by atoms with Crippen LogP contribution in [0.3, 0.4) is 0 Å². The fraction of sp³-hybridized carbons (Fsp3) is 0.200. The number of nitrogens with zero attached hydrogens (tertiary/aromatic N) is 1. The van der Waals surface area contributed by atoms with Gasteiger partial charge in [-0.3, -0.25) is 0 Å². The van der Waals surface area contributed by atoms with Crippen molar-refractivity contribution in [3.05, 3.63) is 48.0 Å². The van der Waals surface area contributed by atoms with Crippen LogP contribution >= 0.6 is 0 Å². The van der Waals surface area contributed by atoms with Crippen LogP contribution in [0.2, 0.25) is 0 Å². The molecule has 2 aromatic carbocycles. The van der Waals surface area contributed by atoms with E-state index in [9.17, 15) is 9.18 Å². The normalized spacial score (nSPS) is 13.5. The molecular formula is C15H12FNO2. The smallest absolute Gasteiger partial charge is 0.363 e. The summed E-state index contributed by atoms with van der Waals surface area (Å²) < 4.78 is 19.4. The van der Waals surface area contributed by atoms with Gasteiger partial charge in [-0.25, -0.2) is 9.18 Å². The average molecular weight is 257 g/mol. The third kappa shape index (κ3) is 2.15. The van der Waals surface area contributed by atoms with Crippen molar-refractivity contribution in [2.24, 2.45) is 0 Å². The Kier molecular flexibility index (Phi) is 3.48. The lowest BCUT2D eigenvalue weighted by Crippen LogP contribution is -2.31. The summed E-state index contributed by atoms with van der Waals surface area (Å²) >= 11 is 0. The third-order valence-corrected chi connectivity index (χ3v) is 2.87. The van der Waals surface area contributed by atoms with Gasteiger partial charge in [0.2, 0.25) is 0 Å². The Labute approximate surface area is 110 Å². The number of benzene rings is 2. The van der Waals surface area contributed by atoms with E-state index < -0.39 is 11.6 Å². The minimum atomic E-state index is -2.78. The molecule has 96 valence electrons. The van der Waals surface area contributed by atoms with Crippen LogP contribution in [-0.2, 0) is 15.2 Å². The molecule has 0 radical (unpaired) electrons. The predicted molar refractivity (Wildman–Crippen MR) is 69.0 cm³/mol. The summed E-state index contributed by atoms with van der Waals surface area (Å²) in [6, 6.07) is 13.3. The largest absolute Gasteiger partial charge is 0.463 e. The van der Waals surface area contributed by atoms with Gasteiger partial charge in [-0.15, -0.1) is 0 Å². The van der Waals surface area contributed by atoms with E-state index >= 15 is 0 Å². The van der Waals surface area contributed by atoms with E-state index in [2.05, 4.69) is 4.74 Å². The number of hydrogen-bond donors (Lipinski definition) is 0. The van der Waals surface area contributed by atoms with Crippen LogP contribution in [0.5, 0.6) is 0 Å². The van der Waals surface area contributed by atoms with Crippen LogP contribution in [-0.4, -0.2) is 12.6 Å². The maximum Gasteiger partial charge on any atom is 0.363 e. The molecule has 0 fully saturated rings. The zero-order valence-electron chi connectivity index (χ0n) is 10.4. The lowest BCUT2D eigenvalue weighted by molar-refractivity contribution is -0.154. The Morgan fingerprint density at radius 1 is 1.32 bits per heavy atom. The van der Waals surface area contributed by atoms with Crippen molar-refractivity contribution in [3.8, 4) is 6.07 Å². The molecule has 0 amide bonds. The quantitative estimate of drug-likeness (QED) is 0.794. The van der Waals surface area contributed by atoms with Gasteiger partial charge in [0.05, 0.1) is 6.61 Å². The summed E-state index contributed by atoms with van der Waals surface area (Å²) in [5.41, 5.74) is -2.76. The lowest BCUT2D eigenvalue weighted by Gasteiger charge is -2.17. The molecule has 19 heavy (non-hydrogen) atoms. The zero-order chi connectivity index (χ0) is 13.9. The molecule has 0 unspecified atom stereocenters. The Bertz CT molecular complexity index is 657. The SMILES string of the molecule is CCOC(=O)[C@@](F)(C#N)c1cccc2ccccc12. The molecule has 0 heterocycles. The minimum absolute atomic E-state index is 0.0200. The number of hydrogen-bond acceptors (Lipinski definition) is 3. The zero-order valence-corrected chi connectivity index (χ0v) is 10.4. The Morgan fingerprint density at radius 2 is 2.00 bits per heavy atom. The molecule has 0 saturated heterocycles. The first-order valence-corrected chi connectivity index (χ1v) is 5.89. The summed E-state index contributed by atoms with van der Waals surface area (Å²) in [7, 11) is 0. The van der Waals surface area contributed by atoms with Gasteiger partial charge in [0.25, 0.3) is 0 Å². The molecule has 3 nitrogen and oxygen atoms in total. The summed E-state index contributed by atoms with van der Waals surface area (Å²) in [5, 5.41) is 10.4. The molecule has 0 spiro atoms. The molecule has 0 saturated carbocycles. The number of nitriles is 1. The number of alkyl halides is 1. The first-order chi connectivity index (χ1) is 9.13. The van der Waals surface area contributed by atoms with Crippen LogP contribution in [0.1, 0.15) is 12.5 Å². The summed E-state index contributed by atoms with van der Waals surface area (Å²) in [5.74, 6) is -1.17. The third-order valence-electron chi connectivity index (χ3n) is 2.87. The first kappa shape index (κ1) is 13.0. The van der Waals surface area contributed by atoms with Gasteiger partial charge in [-0.2, -0.15) is 5.26 Å². The monoisotopic (exact) mass is 257 g/mol. The van der Waals surface area contributed by atoms with E-state index in [1.54, 1.807) is 37.3 Å². The standard InChI is InChI=1S/C15H12FNO2/c1-2-19-14(18)15(16,10-17)13-9-5-7-11-6-3-4-8-12(11)13/h3-9H,2H2,1H3/t15-/m1/s1. The van der Waals surface area contributed by atoms with Gasteiger partial charge >= 0.3 is 11.6 Å². The highest BCUT2D eigenvalue weighted by molar-refractivity contribution is 5.94. The van der Waals surface area contributed by atoms with Crippen molar-refractivity contribution in [1.82, 2.24) is 0 Å².